The Morgan fingerprint density at radius 1 is 1.14 bits per heavy atom. The number of sulfonamides is 1. The highest BCUT2D eigenvalue weighted by Gasteiger charge is 2.28. The van der Waals surface area contributed by atoms with Gasteiger partial charge in [-0.3, -0.25) is 0 Å². The summed E-state index contributed by atoms with van der Waals surface area (Å²) in [5.41, 5.74) is 1.78. The molecule has 1 aliphatic rings. The first kappa shape index (κ1) is 14.0. The van der Waals surface area contributed by atoms with Crippen LogP contribution in [0.25, 0.3) is 0 Å². The molecule has 0 fully saturated rings. The first-order chi connectivity index (χ1) is 9.98. The molecule has 0 atom stereocenters. The number of aromatic nitrogens is 3. The summed E-state index contributed by atoms with van der Waals surface area (Å²) >= 11 is 0. The van der Waals surface area contributed by atoms with Gasteiger partial charge in [-0.25, -0.2) is 13.1 Å². The normalized spacial score (nSPS) is 15.7. The second kappa shape index (κ2) is 5.12. The number of rotatable bonds is 3. The maximum atomic E-state index is 12.7. The lowest BCUT2D eigenvalue weighted by Gasteiger charge is -2.26. The Morgan fingerprint density at radius 2 is 1.86 bits per heavy atom. The number of nitrogens with zero attached hydrogens (tertiary/aromatic N) is 5. The predicted octanol–water partition coefficient (Wildman–Crippen LogP) is 0.549. The van der Waals surface area contributed by atoms with Crippen molar-refractivity contribution in [3.8, 4) is 0 Å². The summed E-state index contributed by atoms with van der Waals surface area (Å²) < 4.78 is 28.5. The minimum atomic E-state index is -3.48. The first-order valence-corrected chi connectivity index (χ1v) is 8.07. The molecular weight excluding hydrogens is 290 g/mol. The average molecular weight is 307 g/mol. The molecule has 1 aromatic heterocycles. The summed E-state index contributed by atoms with van der Waals surface area (Å²) in [4.78, 5) is 2.25. The zero-order chi connectivity index (χ0) is 15.0. The topological polar surface area (TPSA) is 71.3 Å². The minimum Gasteiger partial charge on any atom is -0.378 e. The lowest BCUT2D eigenvalue weighted by Crippen LogP contribution is -2.38. The molecule has 0 unspecified atom stereocenters. The highest BCUT2D eigenvalue weighted by Crippen LogP contribution is 2.22. The third-order valence-corrected chi connectivity index (χ3v) is 5.45. The van der Waals surface area contributed by atoms with E-state index in [0.29, 0.717) is 24.5 Å². The summed E-state index contributed by atoms with van der Waals surface area (Å²) in [7, 11) is 0.359. The fraction of sp³-hybridized carbons (Fsp3) is 0.385. The summed E-state index contributed by atoms with van der Waals surface area (Å²) in [6, 6.07) is 6.91. The van der Waals surface area contributed by atoms with Crippen molar-refractivity contribution >= 4 is 15.7 Å². The Hall–Kier alpha value is -1.93. The van der Waals surface area contributed by atoms with Gasteiger partial charge in [0.05, 0.1) is 29.9 Å². The van der Waals surface area contributed by atoms with Crippen LogP contribution in [0.3, 0.4) is 0 Å². The lowest BCUT2D eigenvalue weighted by atomic mass is 10.3. The van der Waals surface area contributed by atoms with E-state index in [0.717, 1.165) is 11.4 Å². The van der Waals surface area contributed by atoms with Gasteiger partial charge in [0.25, 0.3) is 0 Å². The van der Waals surface area contributed by atoms with Crippen LogP contribution < -0.4 is 4.90 Å². The van der Waals surface area contributed by atoms with Crippen molar-refractivity contribution < 1.29 is 8.42 Å². The van der Waals surface area contributed by atoms with E-state index < -0.39 is 10.0 Å². The molecule has 0 aliphatic carbocycles. The Balaban J connectivity index is 1.87. The van der Waals surface area contributed by atoms with Crippen LogP contribution in [0.4, 0.5) is 5.69 Å². The fourth-order valence-corrected chi connectivity index (χ4v) is 3.73. The summed E-state index contributed by atoms with van der Waals surface area (Å²) in [6.07, 6.45) is 1.61. The molecule has 112 valence electrons. The first-order valence-electron chi connectivity index (χ1n) is 6.63. The van der Waals surface area contributed by atoms with Crippen molar-refractivity contribution in [1.29, 1.82) is 0 Å². The second-order valence-corrected chi connectivity index (χ2v) is 7.11. The maximum absolute atomic E-state index is 12.7. The molecule has 0 N–H and O–H groups in total. The number of anilines is 1. The number of fused-ring (bicyclic) bond motifs is 1. The zero-order valence-corrected chi connectivity index (χ0v) is 12.8. The van der Waals surface area contributed by atoms with Crippen molar-refractivity contribution in [3.05, 3.63) is 36.2 Å². The van der Waals surface area contributed by atoms with Gasteiger partial charge in [0, 0.05) is 26.3 Å². The van der Waals surface area contributed by atoms with Crippen molar-refractivity contribution in [2.24, 2.45) is 0 Å². The van der Waals surface area contributed by atoms with Crippen molar-refractivity contribution in [2.75, 3.05) is 25.5 Å². The van der Waals surface area contributed by atoms with Crippen molar-refractivity contribution in [1.82, 2.24) is 19.3 Å². The molecule has 0 amide bonds. The number of hydrogen-bond acceptors (Lipinski definition) is 5. The lowest BCUT2D eigenvalue weighted by molar-refractivity contribution is 0.324. The van der Waals surface area contributed by atoms with Crippen LogP contribution in [0.15, 0.2) is 35.4 Å². The fourth-order valence-electron chi connectivity index (χ4n) is 2.33. The summed E-state index contributed by atoms with van der Waals surface area (Å²) in [6.45, 7) is 1.25. The minimum absolute atomic E-state index is 0.310. The zero-order valence-electron chi connectivity index (χ0n) is 12.0. The molecule has 0 saturated carbocycles. The van der Waals surface area contributed by atoms with Crippen LogP contribution in [0.5, 0.6) is 0 Å². The van der Waals surface area contributed by atoms with E-state index in [1.54, 1.807) is 23.0 Å². The van der Waals surface area contributed by atoms with Gasteiger partial charge in [-0.1, -0.05) is 5.21 Å². The molecule has 1 aliphatic heterocycles. The van der Waals surface area contributed by atoms with Gasteiger partial charge in [0.15, 0.2) is 0 Å². The molecular formula is C13H17N5O2S. The smallest absolute Gasteiger partial charge is 0.243 e. The van der Waals surface area contributed by atoms with Crippen LogP contribution in [0, 0.1) is 0 Å². The maximum Gasteiger partial charge on any atom is 0.243 e. The number of benzene rings is 1. The van der Waals surface area contributed by atoms with Crippen LogP contribution >= 0.6 is 0 Å². The highest BCUT2D eigenvalue weighted by atomic mass is 32.2. The van der Waals surface area contributed by atoms with Gasteiger partial charge in [-0.05, 0) is 24.3 Å². The van der Waals surface area contributed by atoms with Gasteiger partial charge in [-0.2, -0.15) is 4.31 Å². The molecule has 0 saturated heterocycles. The summed E-state index contributed by atoms with van der Waals surface area (Å²) in [5, 5.41) is 7.73. The molecule has 2 aromatic rings. The van der Waals surface area contributed by atoms with Crippen LogP contribution in [-0.4, -0.2) is 48.4 Å². The van der Waals surface area contributed by atoms with Crippen molar-refractivity contribution in [3.63, 3.8) is 0 Å². The molecule has 3 rings (SSSR count). The molecule has 2 heterocycles. The summed E-state index contributed by atoms with van der Waals surface area (Å²) in [5.74, 6) is 0. The number of hydrogen-bond donors (Lipinski definition) is 0. The highest BCUT2D eigenvalue weighted by molar-refractivity contribution is 7.89. The SMILES string of the molecule is CN(C)c1ccc(S(=O)(=O)N2CCn3nncc3C2)cc1. The van der Waals surface area contributed by atoms with E-state index in [1.165, 1.54) is 4.31 Å². The molecule has 0 bridgehead atoms. The van der Waals surface area contributed by atoms with Gasteiger partial charge in [0.2, 0.25) is 10.0 Å². The molecule has 21 heavy (non-hydrogen) atoms. The van der Waals surface area contributed by atoms with Gasteiger partial charge in [0.1, 0.15) is 0 Å². The molecule has 0 radical (unpaired) electrons. The Kier molecular flexibility index (Phi) is 3.42. The van der Waals surface area contributed by atoms with E-state index >= 15 is 0 Å². The third kappa shape index (κ3) is 2.52. The van der Waals surface area contributed by atoms with E-state index in [-0.39, 0.29) is 0 Å². The quantitative estimate of drug-likeness (QED) is 0.828. The average Bonchev–Trinajstić information content (AvgIpc) is 2.94. The second-order valence-electron chi connectivity index (χ2n) is 5.18. The van der Waals surface area contributed by atoms with Crippen LogP contribution in [-0.2, 0) is 23.1 Å². The molecule has 1 aromatic carbocycles. The van der Waals surface area contributed by atoms with Crippen LogP contribution in [0.1, 0.15) is 5.69 Å². The van der Waals surface area contributed by atoms with Crippen LogP contribution in [0.2, 0.25) is 0 Å². The van der Waals surface area contributed by atoms with E-state index in [2.05, 4.69) is 10.3 Å². The molecule has 0 spiro atoms. The van der Waals surface area contributed by atoms with Gasteiger partial charge < -0.3 is 4.90 Å². The van der Waals surface area contributed by atoms with Gasteiger partial charge in [-0.15, -0.1) is 5.10 Å². The molecule has 8 heteroatoms. The predicted molar refractivity (Wildman–Crippen MR) is 78.4 cm³/mol. The Morgan fingerprint density at radius 3 is 2.52 bits per heavy atom. The Bertz CT molecular complexity index is 736. The standard InChI is InChI=1S/C13H17N5O2S/c1-16(2)11-3-5-13(6-4-11)21(19,20)17-7-8-18-12(10-17)9-14-15-18/h3-6,9H,7-8,10H2,1-2H3. The largest absolute Gasteiger partial charge is 0.378 e. The third-order valence-electron chi connectivity index (χ3n) is 3.59. The van der Waals surface area contributed by atoms with E-state index in [9.17, 15) is 8.42 Å². The van der Waals surface area contributed by atoms with E-state index in [4.69, 9.17) is 0 Å². The van der Waals surface area contributed by atoms with Gasteiger partial charge >= 0.3 is 0 Å². The monoisotopic (exact) mass is 307 g/mol. The van der Waals surface area contributed by atoms with E-state index in [1.807, 2.05) is 31.1 Å². The van der Waals surface area contributed by atoms with Crippen molar-refractivity contribution in [2.45, 2.75) is 18.0 Å². The molecule has 7 nitrogen and oxygen atoms in total. The Labute approximate surface area is 123 Å².